The van der Waals surface area contributed by atoms with E-state index in [-0.39, 0.29) is 17.9 Å². The zero-order chi connectivity index (χ0) is 16.5. The molecule has 0 saturated heterocycles. The minimum Gasteiger partial charge on any atom is -0.492 e. The molecule has 0 radical (unpaired) electrons. The molecule has 0 aliphatic heterocycles. The van der Waals surface area contributed by atoms with Gasteiger partial charge in [-0.25, -0.2) is 9.18 Å². The average Bonchev–Trinajstić information content (AvgIpc) is 2.42. The number of carbonyl (C=O) groups is 1. The Morgan fingerprint density at radius 3 is 2.64 bits per heavy atom. The number of hydrogen-bond acceptors (Lipinski definition) is 3. The Balaban J connectivity index is 2.42. The van der Waals surface area contributed by atoms with E-state index >= 15 is 0 Å². The van der Waals surface area contributed by atoms with Crippen molar-refractivity contribution in [3.05, 3.63) is 30.1 Å². The second-order valence-corrected chi connectivity index (χ2v) is 5.63. The van der Waals surface area contributed by atoms with Gasteiger partial charge >= 0.3 is 6.03 Å². The fraction of sp³-hybridized carbons (Fsp3) is 0.562. The highest BCUT2D eigenvalue weighted by atomic mass is 19.1. The molecule has 0 heterocycles. The second kappa shape index (κ2) is 9.25. The number of hydrogen-bond donors (Lipinski definition) is 1. The number of nitrogens with one attached hydrogen (secondary N) is 1. The summed E-state index contributed by atoms with van der Waals surface area (Å²) in [6.45, 7) is 6.06. The van der Waals surface area contributed by atoms with E-state index in [0.717, 1.165) is 6.54 Å². The van der Waals surface area contributed by atoms with Gasteiger partial charge in [-0.2, -0.15) is 0 Å². The van der Waals surface area contributed by atoms with Crippen LogP contribution in [0.4, 0.5) is 9.18 Å². The largest absolute Gasteiger partial charge is 0.492 e. The van der Waals surface area contributed by atoms with Crippen molar-refractivity contribution in [3.8, 4) is 5.75 Å². The molecule has 1 aromatic rings. The minimum atomic E-state index is -0.334. The van der Waals surface area contributed by atoms with Gasteiger partial charge in [0.25, 0.3) is 0 Å². The van der Waals surface area contributed by atoms with Crippen LogP contribution in [-0.4, -0.2) is 62.2 Å². The first-order valence-electron chi connectivity index (χ1n) is 7.47. The maximum Gasteiger partial charge on any atom is 0.317 e. The van der Waals surface area contributed by atoms with Gasteiger partial charge in [0.1, 0.15) is 18.2 Å². The molecule has 1 aromatic carbocycles. The molecule has 5 nitrogen and oxygen atoms in total. The summed E-state index contributed by atoms with van der Waals surface area (Å²) >= 11 is 0. The molecule has 0 spiro atoms. The van der Waals surface area contributed by atoms with Gasteiger partial charge in [0.15, 0.2) is 0 Å². The van der Waals surface area contributed by atoms with Crippen LogP contribution in [0.1, 0.15) is 13.8 Å². The predicted octanol–water partition coefficient (Wildman–Crippen LogP) is 2.19. The number of nitrogens with zero attached hydrogens (tertiary/aromatic N) is 2. The van der Waals surface area contributed by atoms with E-state index in [9.17, 15) is 9.18 Å². The predicted molar refractivity (Wildman–Crippen MR) is 85.7 cm³/mol. The summed E-state index contributed by atoms with van der Waals surface area (Å²) in [4.78, 5) is 15.9. The lowest BCUT2D eigenvalue weighted by Crippen LogP contribution is -2.47. The Morgan fingerprint density at radius 2 is 2.05 bits per heavy atom. The van der Waals surface area contributed by atoms with Gasteiger partial charge in [-0.3, -0.25) is 0 Å². The van der Waals surface area contributed by atoms with Crippen LogP contribution in [0, 0.1) is 5.82 Å². The minimum absolute atomic E-state index is 0.0652. The highest BCUT2D eigenvalue weighted by Gasteiger charge is 2.16. The molecule has 0 atom stereocenters. The molecule has 0 fully saturated rings. The molecule has 0 aliphatic carbocycles. The van der Waals surface area contributed by atoms with Gasteiger partial charge in [0.05, 0.1) is 6.54 Å². The van der Waals surface area contributed by atoms with Crippen molar-refractivity contribution in [1.29, 1.82) is 0 Å². The van der Waals surface area contributed by atoms with Crippen LogP contribution in [0.3, 0.4) is 0 Å². The lowest BCUT2D eigenvalue weighted by Gasteiger charge is -2.27. The molecule has 1 N–H and O–H groups in total. The zero-order valence-corrected chi connectivity index (χ0v) is 13.8. The third kappa shape index (κ3) is 6.76. The number of ether oxygens (including phenoxy) is 1. The van der Waals surface area contributed by atoms with Crippen LogP contribution in [0.2, 0.25) is 0 Å². The Morgan fingerprint density at radius 1 is 1.32 bits per heavy atom. The van der Waals surface area contributed by atoms with Gasteiger partial charge in [-0.1, -0.05) is 6.07 Å². The molecule has 22 heavy (non-hydrogen) atoms. The maximum absolute atomic E-state index is 13.1. The Labute approximate surface area is 132 Å². The molecule has 6 heteroatoms. The summed E-state index contributed by atoms with van der Waals surface area (Å²) in [7, 11) is 3.92. The van der Waals surface area contributed by atoms with E-state index < -0.39 is 0 Å². The topological polar surface area (TPSA) is 44.8 Å². The summed E-state index contributed by atoms with van der Waals surface area (Å²) in [6.07, 6.45) is 0. The summed E-state index contributed by atoms with van der Waals surface area (Å²) in [5.74, 6) is 0.136. The van der Waals surface area contributed by atoms with Crippen molar-refractivity contribution >= 4 is 6.03 Å². The molecule has 0 saturated carbocycles. The first-order chi connectivity index (χ1) is 10.4. The monoisotopic (exact) mass is 311 g/mol. The SMILES string of the molecule is CC(C)N(CCOc1cccc(F)c1)C(=O)NCCN(C)C. The second-order valence-electron chi connectivity index (χ2n) is 5.63. The number of amides is 2. The first kappa shape index (κ1) is 18.2. The highest BCUT2D eigenvalue weighted by molar-refractivity contribution is 5.74. The Bertz CT molecular complexity index is 466. The van der Waals surface area contributed by atoms with Crippen molar-refractivity contribution in [2.24, 2.45) is 0 Å². The van der Waals surface area contributed by atoms with Gasteiger partial charge in [0, 0.05) is 25.2 Å². The standard InChI is InChI=1S/C16H26FN3O2/c1-13(2)20(16(21)18-8-9-19(3)4)10-11-22-15-7-5-6-14(17)12-15/h5-7,12-13H,8-11H2,1-4H3,(H,18,21). The Kier molecular flexibility index (Phi) is 7.66. The summed E-state index contributed by atoms with van der Waals surface area (Å²) < 4.78 is 18.5. The fourth-order valence-corrected chi connectivity index (χ4v) is 1.90. The van der Waals surface area contributed by atoms with E-state index in [1.165, 1.54) is 12.1 Å². The molecular weight excluding hydrogens is 285 g/mol. The number of benzene rings is 1. The van der Waals surface area contributed by atoms with Crippen LogP contribution in [0.25, 0.3) is 0 Å². The Hall–Kier alpha value is -1.82. The molecule has 1 rings (SSSR count). The van der Waals surface area contributed by atoms with Crippen molar-refractivity contribution in [2.75, 3.05) is 40.3 Å². The van der Waals surface area contributed by atoms with Gasteiger partial charge in [-0.05, 0) is 40.1 Å². The quantitative estimate of drug-likeness (QED) is 0.800. The third-order valence-electron chi connectivity index (χ3n) is 3.12. The summed E-state index contributed by atoms with van der Waals surface area (Å²) in [5, 5.41) is 2.88. The highest BCUT2D eigenvalue weighted by Crippen LogP contribution is 2.12. The van der Waals surface area contributed by atoms with E-state index in [4.69, 9.17) is 4.74 Å². The van der Waals surface area contributed by atoms with E-state index in [1.807, 2.05) is 32.8 Å². The molecular formula is C16H26FN3O2. The van der Waals surface area contributed by atoms with Gasteiger partial charge in [0.2, 0.25) is 0 Å². The molecule has 124 valence electrons. The van der Waals surface area contributed by atoms with Gasteiger partial charge < -0.3 is 19.9 Å². The van der Waals surface area contributed by atoms with Crippen LogP contribution in [0.5, 0.6) is 5.75 Å². The van der Waals surface area contributed by atoms with Crippen LogP contribution in [-0.2, 0) is 0 Å². The molecule has 2 amide bonds. The number of likely N-dealkylation sites (N-methyl/N-ethyl adjacent to an activating group) is 1. The first-order valence-corrected chi connectivity index (χ1v) is 7.47. The smallest absolute Gasteiger partial charge is 0.317 e. The number of urea groups is 1. The summed E-state index contributed by atoms with van der Waals surface area (Å²) in [6, 6.07) is 5.94. The molecule has 0 bridgehead atoms. The van der Waals surface area contributed by atoms with Crippen molar-refractivity contribution < 1.29 is 13.9 Å². The third-order valence-corrected chi connectivity index (χ3v) is 3.12. The van der Waals surface area contributed by atoms with Crippen molar-refractivity contribution in [2.45, 2.75) is 19.9 Å². The van der Waals surface area contributed by atoms with Crippen molar-refractivity contribution in [3.63, 3.8) is 0 Å². The maximum atomic E-state index is 13.1. The van der Waals surface area contributed by atoms with Crippen LogP contribution >= 0.6 is 0 Å². The lowest BCUT2D eigenvalue weighted by atomic mass is 10.3. The molecule has 0 aliphatic rings. The number of rotatable bonds is 8. The van der Waals surface area contributed by atoms with Crippen molar-refractivity contribution in [1.82, 2.24) is 15.1 Å². The molecule has 0 unspecified atom stereocenters. The van der Waals surface area contributed by atoms with Crippen LogP contribution < -0.4 is 10.1 Å². The van der Waals surface area contributed by atoms with E-state index in [1.54, 1.807) is 17.0 Å². The fourth-order valence-electron chi connectivity index (χ4n) is 1.90. The average molecular weight is 311 g/mol. The normalized spacial score (nSPS) is 10.9. The molecule has 0 aromatic heterocycles. The number of carbonyl (C=O) groups excluding carboxylic acids is 1. The lowest BCUT2D eigenvalue weighted by molar-refractivity contribution is 0.165. The van der Waals surface area contributed by atoms with Gasteiger partial charge in [-0.15, -0.1) is 0 Å². The summed E-state index contributed by atoms with van der Waals surface area (Å²) in [5.41, 5.74) is 0. The van der Waals surface area contributed by atoms with E-state index in [0.29, 0.717) is 25.4 Å². The van der Waals surface area contributed by atoms with Crippen LogP contribution in [0.15, 0.2) is 24.3 Å². The number of halogens is 1. The van der Waals surface area contributed by atoms with E-state index in [2.05, 4.69) is 5.32 Å². The zero-order valence-electron chi connectivity index (χ0n) is 13.8.